The largest absolute Gasteiger partial charge is 0.508 e. The smallest absolute Gasteiger partial charge is 0.115 e. The van der Waals surface area contributed by atoms with Crippen LogP contribution in [-0.2, 0) is 11.2 Å². The van der Waals surface area contributed by atoms with Crippen LogP contribution in [0.5, 0.6) is 5.75 Å². The quantitative estimate of drug-likeness (QED) is 0.840. The molecule has 1 aliphatic rings. The standard InChI is InChI=1S/C15H23NO2S/c1-2-7-16-14(15-11-19-9-8-18-15)10-12-3-5-13(17)6-4-12/h3-6,14-17H,2,7-11H2,1H3. The lowest BCUT2D eigenvalue weighted by atomic mass is 10.0. The molecule has 2 N–H and O–H groups in total. The van der Waals surface area contributed by atoms with E-state index >= 15 is 0 Å². The second kappa shape index (κ2) is 7.78. The average Bonchev–Trinajstić information content (AvgIpc) is 2.46. The number of hydrogen-bond acceptors (Lipinski definition) is 4. The zero-order chi connectivity index (χ0) is 13.5. The highest BCUT2D eigenvalue weighted by atomic mass is 32.2. The first kappa shape index (κ1) is 14.7. The molecular formula is C15H23NO2S. The molecule has 1 fully saturated rings. The summed E-state index contributed by atoms with van der Waals surface area (Å²) in [7, 11) is 0. The minimum absolute atomic E-state index is 0.291. The van der Waals surface area contributed by atoms with E-state index in [9.17, 15) is 5.11 Å². The highest BCUT2D eigenvalue weighted by molar-refractivity contribution is 7.99. The third-order valence-corrected chi connectivity index (χ3v) is 4.36. The Hall–Kier alpha value is -0.710. The molecule has 1 heterocycles. The van der Waals surface area contributed by atoms with E-state index < -0.39 is 0 Å². The fraction of sp³-hybridized carbons (Fsp3) is 0.600. The Morgan fingerprint density at radius 1 is 1.42 bits per heavy atom. The molecule has 1 aliphatic heterocycles. The second-order valence-electron chi connectivity index (χ2n) is 4.92. The van der Waals surface area contributed by atoms with E-state index in [1.54, 1.807) is 12.1 Å². The van der Waals surface area contributed by atoms with Crippen LogP contribution in [-0.4, -0.2) is 41.9 Å². The monoisotopic (exact) mass is 281 g/mol. The van der Waals surface area contributed by atoms with Gasteiger partial charge in [0.05, 0.1) is 12.7 Å². The van der Waals surface area contributed by atoms with Crippen molar-refractivity contribution < 1.29 is 9.84 Å². The molecule has 0 spiro atoms. The van der Waals surface area contributed by atoms with Gasteiger partial charge in [-0.1, -0.05) is 19.1 Å². The number of rotatable bonds is 6. The van der Waals surface area contributed by atoms with Crippen molar-refractivity contribution in [2.75, 3.05) is 24.7 Å². The SMILES string of the molecule is CCCNC(Cc1ccc(O)cc1)C1CSCCO1. The van der Waals surface area contributed by atoms with Crippen molar-refractivity contribution in [2.45, 2.75) is 31.9 Å². The fourth-order valence-electron chi connectivity index (χ4n) is 2.29. The van der Waals surface area contributed by atoms with Gasteiger partial charge in [0.2, 0.25) is 0 Å². The molecule has 0 saturated carbocycles. The van der Waals surface area contributed by atoms with Gasteiger partial charge in [-0.2, -0.15) is 11.8 Å². The lowest BCUT2D eigenvalue weighted by Crippen LogP contribution is -2.46. The fourth-order valence-corrected chi connectivity index (χ4v) is 3.23. The van der Waals surface area contributed by atoms with Crippen LogP contribution in [0.4, 0.5) is 0 Å². The van der Waals surface area contributed by atoms with Gasteiger partial charge >= 0.3 is 0 Å². The van der Waals surface area contributed by atoms with Gasteiger partial charge in [-0.3, -0.25) is 0 Å². The van der Waals surface area contributed by atoms with Crippen molar-refractivity contribution in [1.82, 2.24) is 5.32 Å². The van der Waals surface area contributed by atoms with Crippen molar-refractivity contribution in [3.05, 3.63) is 29.8 Å². The normalized spacial score (nSPS) is 21.2. The van der Waals surface area contributed by atoms with Crippen LogP contribution in [0.2, 0.25) is 0 Å². The first-order chi connectivity index (χ1) is 9.29. The molecule has 0 aromatic heterocycles. The molecule has 4 heteroatoms. The van der Waals surface area contributed by atoms with Crippen molar-refractivity contribution in [2.24, 2.45) is 0 Å². The van der Waals surface area contributed by atoms with Gasteiger partial charge in [-0.05, 0) is 37.1 Å². The Morgan fingerprint density at radius 2 is 2.21 bits per heavy atom. The van der Waals surface area contributed by atoms with Crippen LogP contribution in [0.1, 0.15) is 18.9 Å². The summed E-state index contributed by atoms with van der Waals surface area (Å²) < 4.78 is 5.90. The van der Waals surface area contributed by atoms with Crippen LogP contribution >= 0.6 is 11.8 Å². The lowest BCUT2D eigenvalue weighted by Gasteiger charge is -2.31. The molecule has 106 valence electrons. The van der Waals surface area contributed by atoms with E-state index in [1.165, 1.54) is 5.56 Å². The van der Waals surface area contributed by atoms with Gasteiger partial charge in [0.1, 0.15) is 5.75 Å². The Balaban J connectivity index is 1.97. The highest BCUT2D eigenvalue weighted by Crippen LogP contribution is 2.19. The number of hydrogen-bond donors (Lipinski definition) is 2. The summed E-state index contributed by atoms with van der Waals surface area (Å²) in [4.78, 5) is 0. The van der Waals surface area contributed by atoms with E-state index in [-0.39, 0.29) is 0 Å². The molecule has 0 radical (unpaired) electrons. The van der Waals surface area contributed by atoms with Crippen molar-refractivity contribution >= 4 is 11.8 Å². The zero-order valence-corrected chi connectivity index (χ0v) is 12.3. The maximum Gasteiger partial charge on any atom is 0.115 e. The van der Waals surface area contributed by atoms with Gasteiger partial charge < -0.3 is 15.2 Å². The molecular weight excluding hydrogens is 258 g/mol. The second-order valence-corrected chi connectivity index (χ2v) is 6.07. The van der Waals surface area contributed by atoms with Gasteiger partial charge in [0.25, 0.3) is 0 Å². The van der Waals surface area contributed by atoms with Crippen LogP contribution in [0.15, 0.2) is 24.3 Å². The molecule has 2 atom stereocenters. The molecule has 3 nitrogen and oxygen atoms in total. The third kappa shape index (κ3) is 4.71. The van der Waals surface area contributed by atoms with Crippen molar-refractivity contribution in [1.29, 1.82) is 0 Å². The number of phenolic OH excluding ortho intramolecular Hbond substituents is 1. The maximum atomic E-state index is 9.34. The van der Waals surface area contributed by atoms with Gasteiger partial charge in [0, 0.05) is 17.5 Å². The summed E-state index contributed by atoms with van der Waals surface area (Å²) in [6, 6.07) is 7.85. The first-order valence-corrected chi connectivity index (χ1v) is 8.15. The van der Waals surface area contributed by atoms with E-state index in [0.717, 1.165) is 37.5 Å². The molecule has 1 aromatic carbocycles. The number of ether oxygens (including phenoxy) is 1. The lowest BCUT2D eigenvalue weighted by molar-refractivity contribution is 0.0472. The Kier molecular flexibility index (Phi) is 6.01. The van der Waals surface area contributed by atoms with E-state index in [2.05, 4.69) is 12.2 Å². The molecule has 0 aliphatic carbocycles. The average molecular weight is 281 g/mol. The molecule has 1 aromatic rings. The van der Waals surface area contributed by atoms with E-state index in [0.29, 0.717) is 17.9 Å². The summed E-state index contributed by atoms with van der Waals surface area (Å²) in [5.74, 6) is 2.50. The Bertz CT molecular complexity index is 363. The van der Waals surface area contributed by atoms with Crippen LogP contribution in [0.3, 0.4) is 0 Å². The molecule has 0 bridgehead atoms. The van der Waals surface area contributed by atoms with Gasteiger partial charge in [-0.15, -0.1) is 0 Å². The number of phenols is 1. The predicted octanol–water partition coefficient (Wildman–Crippen LogP) is 2.43. The molecule has 1 saturated heterocycles. The van der Waals surface area contributed by atoms with Gasteiger partial charge in [0.15, 0.2) is 0 Å². The Morgan fingerprint density at radius 3 is 2.84 bits per heavy atom. The molecule has 2 rings (SSSR count). The van der Waals surface area contributed by atoms with Gasteiger partial charge in [-0.25, -0.2) is 0 Å². The minimum atomic E-state index is 0.291. The van der Waals surface area contributed by atoms with E-state index in [4.69, 9.17) is 4.74 Å². The Labute approximate surface area is 119 Å². The summed E-state index contributed by atoms with van der Waals surface area (Å²) in [6.07, 6.45) is 2.37. The van der Waals surface area contributed by atoms with Crippen molar-refractivity contribution in [3.63, 3.8) is 0 Å². The highest BCUT2D eigenvalue weighted by Gasteiger charge is 2.24. The molecule has 0 amide bonds. The van der Waals surface area contributed by atoms with E-state index in [1.807, 2.05) is 23.9 Å². The summed E-state index contributed by atoms with van der Waals surface area (Å²) in [5, 5.41) is 12.9. The van der Waals surface area contributed by atoms with Crippen molar-refractivity contribution in [3.8, 4) is 5.75 Å². The maximum absolute atomic E-state index is 9.34. The molecule has 19 heavy (non-hydrogen) atoms. The molecule has 2 unspecified atom stereocenters. The zero-order valence-electron chi connectivity index (χ0n) is 11.5. The summed E-state index contributed by atoms with van der Waals surface area (Å²) in [6.45, 7) is 4.06. The number of nitrogens with one attached hydrogen (secondary N) is 1. The number of aromatic hydroxyl groups is 1. The summed E-state index contributed by atoms with van der Waals surface area (Å²) in [5.41, 5.74) is 1.24. The third-order valence-electron chi connectivity index (χ3n) is 3.34. The first-order valence-electron chi connectivity index (χ1n) is 7.00. The van der Waals surface area contributed by atoms with Crippen LogP contribution < -0.4 is 5.32 Å². The predicted molar refractivity (Wildman–Crippen MR) is 81.0 cm³/mol. The minimum Gasteiger partial charge on any atom is -0.508 e. The number of benzene rings is 1. The topological polar surface area (TPSA) is 41.5 Å². The number of thioether (sulfide) groups is 1. The van der Waals surface area contributed by atoms with Crippen LogP contribution in [0.25, 0.3) is 0 Å². The summed E-state index contributed by atoms with van der Waals surface area (Å²) >= 11 is 1.97. The van der Waals surface area contributed by atoms with Crippen LogP contribution in [0, 0.1) is 0 Å².